The lowest BCUT2D eigenvalue weighted by Crippen LogP contribution is -2.30. The van der Waals surface area contributed by atoms with Gasteiger partial charge in [-0.15, -0.1) is 0 Å². The molecule has 3 aliphatic carbocycles. The van der Waals surface area contributed by atoms with Gasteiger partial charge in [0.05, 0.1) is 5.56 Å². The molecule has 0 aliphatic heterocycles. The summed E-state index contributed by atoms with van der Waals surface area (Å²) in [5.74, 6) is 2.38. The molecule has 3 fully saturated rings. The zero-order valence-corrected chi connectivity index (χ0v) is 11.0. The van der Waals surface area contributed by atoms with Crippen molar-refractivity contribution >= 4 is 5.91 Å². The van der Waals surface area contributed by atoms with E-state index in [0.29, 0.717) is 17.9 Å². The summed E-state index contributed by atoms with van der Waals surface area (Å²) in [6, 6.07) is 5.12. The Labute approximate surface area is 112 Å². The maximum Gasteiger partial charge on any atom is 0.254 e. The van der Waals surface area contributed by atoms with E-state index >= 15 is 0 Å². The van der Waals surface area contributed by atoms with Gasteiger partial charge in [0.2, 0.25) is 0 Å². The van der Waals surface area contributed by atoms with Crippen molar-refractivity contribution < 1.29 is 9.18 Å². The monoisotopic (exact) mass is 259 g/mol. The number of carbonyl (C=O) groups excluding carboxylic acids is 1. The Kier molecular flexibility index (Phi) is 2.30. The first-order chi connectivity index (χ1) is 9.15. The molecule has 100 valence electrons. The van der Waals surface area contributed by atoms with Crippen LogP contribution in [0.25, 0.3) is 0 Å². The molecule has 0 radical (unpaired) electrons. The van der Waals surface area contributed by atoms with E-state index in [1.807, 2.05) is 6.92 Å². The van der Waals surface area contributed by atoms with E-state index in [1.165, 1.54) is 25.3 Å². The highest BCUT2D eigenvalue weighted by Crippen LogP contribution is 2.65. The lowest BCUT2D eigenvalue weighted by atomic mass is 10.0. The fourth-order valence-corrected chi connectivity index (χ4v) is 4.55. The minimum atomic E-state index is -0.411. The van der Waals surface area contributed by atoms with Crippen molar-refractivity contribution in [2.24, 2.45) is 23.7 Å². The van der Waals surface area contributed by atoms with Crippen LogP contribution < -0.4 is 5.32 Å². The number of fused-ring (bicyclic) bond motifs is 5. The van der Waals surface area contributed by atoms with Crippen LogP contribution in [0.4, 0.5) is 4.39 Å². The Morgan fingerprint density at radius 2 is 1.95 bits per heavy atom. The van der Waals surface area contributed by atoms with Crippen molar-refractivity contribution in [3.63, 3.8) is 0 Å². The molecular formula is C16H18FNO. The summed E-state index contributed by atoms with van der Waals surface area (Å²) in [6.45, 7) is 1.83. The Hall–Kier alpha value is -1.38. The zero-order chi connectivity index (χ0) is 13.1. The second-order valence-corrected chi connectivity index (χ2v) is 6.47. The minimum Gasteiger partial charge on any atom is -0.349 e. The number of hydrogen-bond acceptors (Lipinski definition) is 1. The number of carbonyl (C=O) groups is 1. The van der Waals surface area contributed by atoms with Gasteiger partial charge in [-0.05, 0) is 67.6 Å². The number of aryl methyl sites for hydroxylation is 1. The molecule has 0 saturated heterocycles. The first-order valence-electron chi connectivity index (χ1n) is 7.22. The molecule has 1 aromatic carbocycles. The van der Waals surface area contributed by atoms with Crippen molar-refractivity contribution in [3.05, 3.63) is 35.1 Å². The summed E-state index contributed by atoms with van der Waals surface area (Å²) in [5, 5.41) is 3.05. The summed E-state index contributed by atoms with van der Waals surface area (Å²) >= 11 is 0. The quantitative estimate of drug-likeness (QED) is 0.869. The van der Waals surface area contributed by atoms with Crippen LogP contribution in [0.5, 0.6) is 0 Å². The van der Waals surface area contributed by atoms with Crippen LogP contribution in [0.2, 0.25) is 0 Å². The molecule has 19 heavy (non-hydrogen) atoms. The molecule has 0 aromatic heterocycles. The SMILES string of the molecule is Cc1ccc(C(=O)NC2C3C4CCC(C4)C23)c(F)c1. The van der Waals surface area contributed by atoms with Crippen LogP contribution in [0.15, 0.2) is 18.2 Å². The zero-order valence-electron chi connectivity index (χ0n) is 11.0. The summed E-state index contributed by atoms with van der Waals surface area (Å²) in [5.41, 5.74) is 1.03. The second-order valence-electron chi connectivity index (χ2n) is 6.47. The third-order valence-corrected chi connectivity index (χ3v) is 5.40. The number of nitrogens with one attached hydrogen (secondary N) is 1. The first-order valence-corrected chi connectivity index (χ1v) is 7.22. The van der Waals surface area contributed by atoms with Crippen molar-refractivity contribution in [1.82, 2.24) is 5.32 Å². The lowest BCUT2D eigenvalue weighted by molar-refractivity contribution is 0.0940. The summed E-state index contributed by atoms with van der Waals surface area (Å²) < 4.78 is 13.8. The number of rotatable bonds is 2. The van der Waals surface area contributed by atoms with Gasteiger partial charge in [0.25, 0.3) is 5.91 Å². The largest absolute Gasteiger partial charge is 0.349 e. The molecule has 0 spiro atoms. The Balaban J connectivity index is 1.48. The van der Waals surface area contributed by atoms with Crippen LogP contribution in [0, 0.1) is 36.4 Å². The predicted molar refractivity (Wildman–Crippen MR) is 70.2 cm³/mol. The molecule has 3 saturated carbocycles. The topological polar surface area (TPSA) is 29.1 Å². The minimum absolute atomic E-state index is 0.183. The van der Waals surface area contributed by atoms with Crippen LogP contribution in [0.1, 0.15) is 35.2 Å². The van der Waals surface area contributed by atoms with E-state index in [9.17, 15) is 9.18 Å². The molecule has 1 N–H and O–H groups in total. The fourth-order valence-electron chi connectivity index (χ4n) is 4.55. The maximum atomic E-state index is 13.8. The molecule has 3 heteroatoms. The van der Waals surface area contributed by atoms with Crippen LogP contribution in [0.3, 0.4) is 0 Å². The molecule has 1 aromatic rings. The lowest BCUT2D eigenvalue weighted by Gasteiger charge is -2.11. The van der Waals surface area contributed by atoms with E-state index in [-0.39, 0.29) is 11.5 Å². The standard InChI is InChI=1S/C16H18FNO/c1-8-2-5-11(12(17)6-8)16(19)18-15-13-9-3-4-10(7-9)14(13)15/h2,5-6,9-10,13-15H,3-4,7H2,1H3,(H,18,19). The Morgan fingerprint density at radius 1 is 1.26 bits per heavy atom. The Morgan fingerprint density at radius 3 is 2.58 bits per heavy atom. The first kappa shape index (κ1) is 11.4. The van der Waals surface area contributed by atoms with Crippen LogP contribution in [-0.2, 0) is 0 Å². The van der Waals surface area contributed by atoms with E-state index in [1.54, 1.807) is 12.1 Å². The summed E-state index contributed by atoms with van der Waals surface area (Å²) in [6.07, 6.45) is 4.02. The van der Waals surface area contributed by atoms with Crippen molar-refractivity contribution in [1.29, 1.82) is 0 Å². The summed E-state index contributed by atoms with van der Waals surface area (Å²) in [4.78, 5) is 12.1. The van der Waals surface area contributed by atoms with Gasteiger partial charge in [-0.1, -0.05) is 6.07 Å². The molecule has 4 unspecified atom stereocenters. The fraction of sp³-hybridized carbons (Fsp3) is 0.562. The van der Waals surface area contributed by atoms with E-state index in [4.69, 9.17) is 0 Å². The highest BCUT2D eigenvalue weighted by Gasteiger charge is 2.65. The molecule has 3 aliphatic rings. The van der Waals surface area contributed by atoms with Crippen molar-refractivity contribution in [3.8, 4) is 0 Å². The van der Waals surface area contributed by atoms with Crippen LogP contribution >= 0.6 is 0 Å². The van der Waals surface area contributed by atoms with Gasteiger partial charge in [-0.3, -0.25) is 4.79 Å². The maximum absolute atomic E-state index is 13.8. The highest BCUT2D eigenvalue weighted by molar-refractivity contribution is 5.95. The van der Waals surface area contributed by atoms with E-state index in [2.05, 4.69) is 5.32 Å². The number of halogens is 1. The van der Waals surface area contributed by atoms with Gasteiger partial charge in [-0.25, -0.2) is 4.39 Å². The van der Waals surface area contributed by atoms with Crippen molar-refractivity contribution in [2.45, 2.75) is 32.2 Å². The normalized spacial score (nSPS) is 38.1. The van der Waals surface area contributed by atoms with Gasteiger partial charge in [0.15, 0.2) is 0 Å². The smallest absolute Gasteiger partial charge is 0.254 e. The van der Waals surface area contributed by atoms with Gasteiger partial charge >= 0.3 is 0 Å². The highest BCUT2D eigenvalue weighted by atomic mass is 19.1. The van der Waals surface area contributed by atoms with Crippen LogP contribution in [-0.4, -0.2) is 11.9 Å². The van der Waals surface area contributed by atoms with Gasteiger partial charge in [-0.2, -0.15) is 0 Å². The summed E-state index contributed by atoms with van der Waals surface area (Å²) in [7, 11) is 0. The van der Waals surface area contributed by atoms with Gasteiger partial charge in [0, 0.05) is 6.04 Å². The third kappa shape index (κ3) is 1.63. The van der Waals surface area contributed by atoms with E-state index < -0.39 is 5.82 Å². The average molecular weight is 259 g/mol. The molecule has 2 nitrogen and oxygen atoms in total. The second kappa shape index (κ2) is 3.81. The molecule has 4 rings (SSSR count). The number of hydrogen-bond donors (Lipinski definition) is 1. The molecule has 1 amide bonds. The molecule has 2 bridgehead atoms. The Bertz CT molecular complexity index is 540. The third-order valence-electron chi connectivity index (χ3n) is 5.40. The van der Waals surface area contributed by atoms with Crippen molar-refractivity contribution in [2.75, 3.05) is 0 Å². The molecule has 4 atom stereocenters. The van der Waals surface area contributed by atoms with Gasteiger partial charge in [0.1, 0.15) is 5.82 Å². The molecular weight excluding hydrogens is 241 g/mol. The molecule has 0 heterocycles. The average Bonchev–Trinajstić information content (AvgIpc) is 2.78. The predicted octanol–water partition coefficient (Wildman–Crippen LogP) is 2.91. The number of amides is 1. The van der Waals surface area contributed by atoms with Gasteiger partial charge < -0.3 is 5.32 Å². The van der Waals surface area contributed by atoms with E-state index in [0.717, 1.165) is 17.4 Å². The number of benzene rings is 1.